The van der Waals surface area contributed by atoms with Crippen LogP contribution >= 0.6 is 11.3 Å². The molecule has 1 aromatic rings. The molecule has 0 spiro atoms. The number of carbonyl (C=O) groups excluding carboxylic acids is 1. The standard InChI is InChI=1S/C8H9NO5S/c1-3-14-5-4-6(9(11)12)15-7(5)8(10)13-2/h4H,3H2,1-2H3. The molecule has 0 aliphatic heterocycles. The minimum absolute atomic E-state index is 0.117. The molecular formula is C8H9NO5S. The van der Waals surface area contributed by atoms with Gasteiger partial charge in [0.05, 0.1) is 24.7 Å². The third kappa shape index (κ3) is 2.44. The van der Waals surface area contributed by atoms with E-state index in [9.17, 15) is 14.9 Å². The molecule has 1 aromatic heterocycles. The predicted octanol–water partition coefficient (Wildman–Crippen LogP) is 1.84. The first-order chi connectivity index (χ1) is 7.10. The van der Waals surface area contributed by atoms with Crippen LogP contribution in [0.2, 0.25) is 0 Å². The van der Waals surface area contributed by atoms with E-state index in [4.69, 9.17) is 4.74 Å². The molecule has 0 fully saturated rings. The second-order valence-corrected chi connectivity index (χ2v) is 3.49. The van der Waals surface area contributed by atoms with Crippen LogP contribution in [-0.2, 0) is 4.74 Å². The molecule has 82 valence electrons. The number of hydrogen-bond acceptors (Lipinski definition) is 6. The summed E-state index contributed by atoms with van der Waals surface area (Å²) in [5, 5.41) is 10.4. The SMILES string of the molecule is CCOc1cc([N+](=O)[O-])sc1C(=O)OC. The molecule has 0 aliphatic carbocycles. The summed E-state index contributed by atoms with van der Waals surface area (Å²) >= 11 is 0.742. The van der Waals surface area contributed by atoms with Crippen molar-refractivity contribution in [2.45, 2.75) is 6.92 Å². The van der Waals surface area contributed by atoms with Gasteiger partial charge in [-0.3, -0.25) is 10.1 Å². The maximum Gasteiger partial charge on any atom is 0.352 e. The molecule has 0 unspecified atom stereocenters. The maximum absolute atomic E-state index is 11.2. The number of esters is 1. The van der Waals surface area contributed by atoms with E-state index in [0.717, 1.165) is 11.3 Å². The molecular weight excluding hydrogens is 222 g/mol. The normalized spacial score (nSPS) is 9.73. The van der Waals surface area contributed by atoms with Crippen LogP contribution in [-0.4, -0.2) is 24.6 Å². The second kappa shape index (κ2) is 4.74. The van der Waals surface area contributed by atoms with Gasteiger partial charge < -0.3 is 9.47 Å². The molecule has 7 heteroatoms. The van der Waals surface area contributed by atoms with Crippen LogP contribution in [0, 0.1) is 10.1 Å². The smallest absolute Gasteiger partial charge is 0.352 e. The topological polar surface area (TPSA) is 78.7 Å². The highest BCUT2D eigenvalue weighted by atomic mass is 32.1. The Kier molecular flexibility index (Phi) is 3.62. The Bertz CT molecular complexity index is 386. The Hall–Kier alpha value is -1.63. The molecule has 1 rings (SSSR count). The van der Waals surface area contributed by atoms with Crippen molar-refractivity contribution in [1.29, 1.82) is 0 Å². The highest BCUT2D eigenvalue weighted by molar-refractivity contribution is 7.17. The molecule has 0 aliphatic rings. The van der Waals surface area contributed by atoms with E-state index in [1.807, 2.05) is 0 Å². The number of methoxy groups -OCH3 is 1. The fourth-order valence-corrected chi connectivity index (χ4v) is 1.78. The van der Waals surface area contributed by atoms with Gasteiger partial charge in [0.1, 0.15) is 0 Å². The van der Waals surface area contributed by atoms with E-state index >= 15 is 0 Å². The molecule has 0 N–H and O–H groups in total. The lowest BCUT2D eigenvalue weighted by Crippen LogP contribution is -2.01. The van der Waals surface area contributed by atoms with Crippen LogP contribution in [0.25, 0.3) is 0 Å². The maximum atomic E-state index is 11.2. The number of hydrogen-bond donors (Lipinski definition) is 0. The molecule has 0 saturated heterocycles. The van der Waals surface area contributed by atoms with Crippen LogP contribution in [0.15, 0.2) is 6.07 Å². The van der Waals surface area contributed by atoms with E-state index in [0.29, 0.717) is 6.61 Å². The minimum Gasteiger partial charge on any atom is -0.492 e. The summed E-state index contributed by atoms with van der Waals surface area (Å²) in [6.07, 6.45) is 0. The van der Waals surface area contributed by atoms with Gasteiger partial charge in [-0.2, -0.15) is 0 Å². The van der Waals surface area contributed by atoms with Gasteiger partial charge in [-0.15, -0.1) is 0 Å². The quantitative estimate of drug-likeness (QED) is 0.448. The zero-order valence-corrected chi connectivity index (χ0v) is 9.00. The molecule has 0 bridgehead atoms. The number of nitro groups is 1. The summed E-state index contributed by atoms with van der Waals surface area (Å²) in [7, 11) is 1.21. The average Bonchev–Trinajstić information content (AvgIpc) is 2.61. The van der Waals surface area contributed by atoms with Crippen molar-refractivity contribution in [2.75, 3.05) is 13.7 Å². The molecule has 0 aromatic carbocycles. The van der Waals surface area contributed by atoms with E-state index in [-0.39, 0.29) is 15.6 Å². The third-order valence-corrected chi connectivity index (χ3v) is 2.58. The van der Waals surface area contributed by atoms with Gasteiger partial charge in [-0.05, 0) is 6.92 Å². The van der Waals surface area contributed by atoms with Gasteiger partial charge in [0.25, 0.3) is 0 Å². The second-order valence-electron chi connectivity index (χ2n) is 2.46. The predicted molar refractivity (Wildman–Crippen MR) is 53.5 cm³/mol. The lowest BCUT2D eigenvalue weighted by atomic mass is 10.4. The Morgan fingerprint density at radius 3 is 2.80 bits per heavy atom. The lowest BCUT2D eigenvalue weighted by molar-refractivity contribution is -0.380. The van der Waals surface area contributed by atoms with Crippen LogP contribution in [0.1, 0.15) is 16.6 Å². The van der Waals surface area contributed by atoms with Crippen molar-refractivity contribution in [3.8, 4) is 5.75 Å². The van der Waals surface area contributed by atoms with Crippen molar-refractivity contribution < 1.29 is 19.2 Å². The Morgan fingerprint density at radius 2 is 2.33 bits per heavy atom. The number of nitrogens with zero attached hydrogens (tertiary/aromatic N) is 1. The van der Waals surface area contributed by atoms with E-state index in [2.05, 4.69) is 4.74 Å². The summed E-state index contributed by atoms with van der Waals surface area (Å²) in [4.78, 5) is 21.3. The van der Waals surface area contributed by atoms with Gasteiger partial charge in [0, 0.05) is 0 Å². The average molecular weight is 231 g/mol. The third-order valence-electron chi connectivity index (χ3n) is 1.54. The molecule has 0 radical (unpaired) electrons. The Balaban J connectivity index is 3.11. The molecule has 1 heterocycles. The van der Waals surface area contributed by atoms with Gasteiger partial charge in [0.15, 0.2) is 10.6 Å². The summed E-state index contributed by atoms with van der Waals surface area (Å²) in [5.74, 6) is -0.433. The fourth-order valence-electron chi connectivity index (χ4n) is 0.950. The molecule has 6 nitrogen and oxygen atoms in total. The van der Waals surface area contributed by atoms with E-state index in [1.54, 1.807) is 6.92 Å². The summed E-state index contributed by atoms with van der Waals surface area (Å²) < 4.78 is 9.58. The van der Waals surface area contributed by atoms with Crippen molar-refractivity contribution in [1.82, 2.24) is 0 Å². The van der Waals surface area contributed by atoms with Crippen LogP contribution in [0.5, 0.6) is 5.75 Å². The molecule has 0 atom stereocenters. The highest BCUT2D eigenvalue weighted by Gasteiger charge is 2.23. The highest BCUT2D eigenvalue weighted by Crippen LogP contribution is 2.35. The monoisotopic (exact) mass is 231 g/mol. The zero-order valence-electron chi connectivity index (χ0n) is 8.18. The largest absolute Gasteiger partial charge is 0.492 e. The number of carbonyl (C=O) groups is 1. The van der Waals surface area contributed by atoms with Crippen molar-refractivity contribution in [3.63, 3.8) is 0 Å². The first kappa shape index (κ1) is 11.4. The van der Waals surface area contributed by atoms with Crippen molar-refractivity contribution in [3.05, 3.63) is 21.1 Å². The number of rotatable bonds is 4. The van der Waals surface area contributed by atoms with Crippen molar-refractivity contribution >= 4 is 22.3 Å². The zero-order chi connectivity index (χ0) is 11.4. The van der Waals surface area contributed by atoms with Gasteiger partial charge in [-0.1, -0.05) is 11.3 Å². The summed E-state index contributed by atoms with van der Waals surface area (Å²) in [6, 6.07) is 1.22. The minimum atomic E-state index is -0.628. The fraction of sp³-hybridized carbons (Fsp3) is 0.375. The van der Waals surface area contributed by atoms with Crippen molar-refractivity contribution in [2.24, 2.45) is 0 Å². The Morgan fingerprint density at radius 1 is 1.67 bits per heavy atom. The molecule has 0 amide bonds. The first-order valence-corrected chi connectivity index (χ1v) is 4.91. The van der Waals surface area contributed by atoms with Crippen LogP contribution in [0.4, 0.5) is 5.00 Å². The lowest BCUT2D eigenvalue weighted by Gasteiger charge is -2.01. The molecule has 0 saturated carbocycles. The molecule has 15 heavy (non-hydrogen) atoms. The van der Waals surface area contributed by atoms with Gasteiger partial charge >= 0.3 is 11.0 Å². The van der Waals surface area contributed by atoms with Gasteiger partial charge in [-0.25, -0.2) is 4.79 Å². The Labute approximate surface area is 89.6 Å². The van der Waals surface area contributed by atoms with E-state index in [1.165, 1.54) is 13.2 Å². The number of thiophene rings is 1. The summed E-state index contributed by atoms with van der Waals surface area (Å²) in [6.45, 7) is 2.06. The first-order valence-electron chi connectivity index (χ1n) is 4.09. The van der Waals surface area contributed by atoms with E-state index < -0.39 is 10.9 Å². The van der Waals surface area contributed by atoms with Gasteiger partial charge in [0.2, 0.25) is 0 Å². The van der Waals surface area contributed by atoms with Crippen LogP contribution in [0.3, 0.4) is 0 Å². The van der Waals surface area contributed by atoms with Crippen LogP contribution < -0.4 is 4.74 Å². The summed E-state index contributed by atoms with van der Waals surface area (Å²) in [5.41, 5.74) is 0. The number of ether oxygens (including phenoxy) is 2.